The van der Waals surface area contributed by atoms with Gasteiger partial charge in [0.25, 0.3) is 0 Å². The molecule has 0 rings (SSSR count). The highest BCUT2D eigenvalue weighted by Crippen LogP contribution is 2.11. The maximum Gasteiger partial charge on any atom is 0.0707 e. The van der Waals surface area contributed by atoms with Crippen molar-refractivity contribution < 1.29 is 4.84 Å². The van der Waals surface area contributed by atoms with Gasteiger partial charge in [0.15, 0.2) is 0 Å². The molecular formula is C8H19NO. The number of hydrogen-bond acceptors (Lipinski definition) is 2. The highest BCUT2D eigenvalue weighted by molar-refractivity contribution is 4.54. The summed E-state index contributed by atoms with van der Waals surface area (Å²) in [5.41, 5.74) is 0. The van der Waals surface area contributed by atoms with E-state index < -0.39 is 0 Å². The Kier molecular flexibility index (Phi) is 6.98. The van der Waals surface area contributed by atoms with Crippen LogP contribution in [-0.4, -0.2) is 6.61 Å². The molecule has 0 saturated heterocycles. The molecule has 0 saturated carbocycles. The first-order valence-corrected chi connectivity index (χ1v) is 4.16. The van der Waals surface area contributed by atoms with Crippen LogP contribution in [0.2, 0.25) is 0 Å². The zero-order valence-corrected chi connectivity index (χ0v) is 7.10. The van der Waals surface area contributed by atoms with Crippen molar-refractivity contribution in [3.63, 3.8) is 0 Å². The molecule has 0 radical (unpaired) electrons. The zero-order valence-electron chi connectivity index (χ0n) is 7.10. The minimum atomic E-state index is 0.671. The van der Waals surface area contributed by atoms with Gasteiger partial charge in [-0.1, -0.05) is 33.1 Å². The molecule has 0 bridgehead atoms. The lowest BCUT2D eigenvalue weighted by Crippen LogP contribution is -2.11. The molecule has 0 aromatic heterocycles. The van der Waals surface area contributed by atoms with Crippen LogP contribution >= 0.6 is 0 Å². The highest BCUT2D eigenvalue weighted by Gasteiger charge is 2.03. The second kappa shape index (κ2) is 7.03. The van der Waals surface area contributed by atoms with Crippen molar-refractivity contribution in [1.29, 1.82) is 0 Å². The van der Waals surface area contributed by atoms with Gasteiger partial charge in [-0.3, -0.25) is 0 Å². The van der Waals surface area contributed by atoms with Crippen LogP contribution in [0, 0.1) is 5.92 Å². The molecule has 0 aromatic rings. The van der Waals surface area contributed by atoms with E-state index in [0.717, 1.165) is 6.61 Å². The van der Waals surface area contributed by atoms with Crippen LogP contribution < -0.4 is 5.90 Å². The predicted molar refractivity (Wildman–Crippen MR) is 43.4 cm³/mol. The van der Waals surface area contributed by atoms with Gasteiger partial charge < -0.3 is 4.84 Å². The fourth-order valence-electron chi connectivity index (χ4n) is 1.03. The Morgan fingerprint density at radius 2 is 2.10 bits per heavy atom. The first-order chi connectivity index (χ1) is 4.85. The number of hydrogen-bond donors (Lipinski definition) is 1. The van der Waals surface area contributed by atoms with Crippen molar-refractivity contribution in [1.82, 2.24) is 0 Å². The smallest absolute Gasteiger partial charge is 0.0707 e. The van der Waals surface area contributed by atoms with Crippen molar-refractivity contribution >= 4 is 0 Å². The largest absolute Gasteiger partial charge is 0.304 e. The Labute approximate surface area is 63.7 Å². The van der Waals surface area contributed by atoms with E-state index in [1.807, 2.05) is 0 Å². The fraction of sp³-hybridized carbons (Fsp3) is 1.00. The third-order valence-electron chi connectivity index (χ3n) is 1.88. The van der Waals surface area contributed by atoms with Crippen LogP contribution in [0.25, 0.3) is 0 Å². The maximum absolute atomic E-state index is 4.98. The molecule has 0 spiro atoms. The first kappa shape index (κ1) is 9.92. The first-order valence-electron chi connectivity index (χ1n) is 4.16. The van der Waals surface area contributed by atoms with Crippen molar-refractivity contribution in [2.75, 3.05) is 6.61 Å². The average Bonchev–Trinajstić information content (AvgIpc) is 1.98. The van der Waals surface area contributed by atoms with E-state index in [-0.39, 0.29) is 0 Å². The molecule has 2 N–H and O–H groups in total. The summed E-state index contributed by atoms with van der Waals surface area (Å²) in [6.07, 6.45) is 4.99. The van der Waals surface area contributed by atoms with E-state index in [9.17, 15) is 0 Å². The van der Waals surface area contributed by atoms with Crippen molar-refractivity contribution in [3.05, 3.63) is 0 Å². The Balaban J connectivity index is 3.21. The molecule has 2 nitrogen and oxygen atoms in total. The Hall–Kier alpha value is -0.0800. The van der Waals surface area contributed by atoms with E-state index >= 15 is 0 Å². The summed E-state index contributed by atoms with van der Waals surface area (Å²) >= 11 is 0. The van der Waals surface area contributed by atoms with Gasteiger partial charge in [-0.25, -0.2) is 5.90 Å². The lowest BCUT2D eigenvalue weighted by molar-refractivity contribution is 0.0956. The molecule has 0 fully saturated rings. The minimum absolute atomic E-state index is 0.671. The standard InChI is InChI=1S/C8H19NO/c1-3-5-6-8(4-2)7-10-9/h8H,3-7,9H2,1-2H3/t8-/m0/s1. The third kappa shape index (κ3) is 4.77. The monoisotopic (exact) mass is 145 g/mol. The van der Waals surface area contributed by atoms with E-state index in [0.29, 0.717) is 5.92 Å². The molecule has 0 aliphatic rings. The van der Waals surface area contributed by atoms with Gasteiger partial charge in [0, 0.05) is 0 Å². The van der Waals surface area contributed by atoms with Crippen LogP contribution in [0.1, 0.15) is 39.5 Å². The lowest BCUT2D eigenvalue weighted by atomic mass is 10.0. The predicted octanol–water partition coefficient (Wildman–Crippen LogP) is 2.09. The Morgan fingerprint density at radius 1 is 1.40 bits per heavy atom. The molecule has 0 unspecified atom stereocenters. The van der Waals surface area contributed by atoms with Crippen LogP contribution in [-0.2, 0) is 4.84 Å². The van der Waals surface area contributed by atoms with Crippen LogP contribution in [0.15, 0.2) is 0 Å². The summed E-state index contributed by atoms with van der Waals surface area (Å²) in [5, 5.41) is 0. The molecule has 10 heavy (non-hydrogen) atoms. The van der Waals surface area contributed by atoms with Crippen molar-refractivity contribution in [2.24, 2.45) is 11.8 Å². The maximum atomic E-state index is 4.98. The van der Waals surface area contributed by atoms with Gasteiger partial charge in [-0.2, -0.15) is 0 Å². The lowest BCUT2D eigenvalue weighted by Gasteiger charge is -2.11. The second-order valence-electron chi connectivity index (χ2n) is 2.75. The topological polar surface area (TPSA) is 35.2 Å². The molecular weight excluding hydrogens is 126 g/mol. The number of nitrogens with two attached hydrogens (primary N) is 1. The summed E-state index contributed by atoms with van der Waals surface area (Å²) in [4.78, 5) is 4.59. The molecule has 62 valence electrons. The van der Waals surface area contributed by atoms with E-state index in [2.05, 4.69) is 18.7 Å². The van der Waals surface area contributed by atoms with Gasteiger partial charge in [-0.05, 0) is 12.3 Å². The summed E-state index contributed by atoms with van der Waals surface area (Å²) in [6, 6.07) is 0. The van der Waals surface area contributed by atoms with E-state index in [1.54, 1.807) is 0 Å². The molecule has 0 heterocycles. The summed E-state index contributed by atoms with van der Waals surface area (Å²) in [7, 11) is 0. The molecule has 0 aliphatic heterocycles. The summed E-state index contributed by atoms with van der Waals surface area (Å²) in [6.45, 7) is 5.10. The fourth-order valence-corrected chi connectivity index (χ4v) is 1.03. The van der Waals surface area contributed by atoms with Gasteiger partial charge >= 0.3 is 0 Å². The van der Waals surface area contributed by atoms with Crippen LogP contribution in [0.3, 0.4) is 0 Å². The number of rotatable bonds is 6. The second-order valence-corrected chi connectivity index (χ2v) is 2.75. The molecule has 1 atom stereocenters. The SMILES string of the molecule is CCCC[C@H](CC)CON. The van der Waals surface area contributed by atoms with Crippen LogP contribution in [0.5, 0.6) is 0 Å². The van der Waals surface area contributed by atoms with E-state index in [1.165, 1.54) is 25.7 Å². The molecule has 2 heteroatoms. The summed E-state index contributed by atoms with van der Waals surface area (Å²) in [5.74, 6) is 5.65. The van der Waals surface area contributed by atoms with Crippen molar-refractivity contribution in [3.8, 4) is 0 Å². The minimum Gasteiger partial charge on any atom is -0.304 e. The third-order valence-corrected chi connectivity index (χ3v) is 1.88. The normalized spacial score (nSPS) is 13.5. The van der Waals surface area contributed by atoms with Crippen LogP contribution in [0.4, 0.5) is 0 Å². The quantitative estimate of drug-likeness (QED) is 0.581. The van der Waals surface area contributed by atoms with Gasteiger partial charge in [-0.15, -0.1) is 0 Å². The zero-order chi connectivity index (χ0) is 7.82. The molecule has 0 amide bonds. The highest BCUT2D eigenvalue weighted by atomic mass is 16.6. The molecule has 0 aromatic carbocycles. The van der Waals surface area contributed by atoms with Gasteiger partial charge in [0.05, 0.1) is 6.61 Å². The van der Waals surface area contributed by atoms with Gasteiger partial charge in [0.1, 0.15) is 0 Å². The summed E-state index contributed by atoms with van der Waals surface area (Å²) < 4.78 is 0. The number of unbranched alkanes of at least 4 members (excludes halogenated alkanes) is 1. The molecule has 0 aliphatic carbocycles. The Morgan fingerprint density at radius 3 is 2.50 bits per heavy atom. The average molecular weight is 145 g/mol. The Bertz CT molecular complexity index is 66.3. The van der Waals surface area contributed by atoms with E-state index in [4.69, 9.17) is 5.90 Å². The van der Waals surface area contributed by atoms with Gasteiger partial charge in [0.2, 0.25) is 0 Å². The van der Waals surface area contributed by atoms with Crippen molar-refractivity contribution in [2.45, 2.75) is 39.5 Å².